The molecule has 0 fully saturated rings. The molecule has 28 heavy (non-hydrogen) atoms. The number of sulfonamides is 1. The molecule has 0 saturated carbocycles. The van der Waals surface area contributed by atoms with Gasteiger partial charge >= 0.3 is 6.18 Å². The Hall–Kier alpha value is -2.43. The lowest BCUT2D eigenvalue weighted by Gasteiger charge is -2.22. The summed E-state index contributed by atoms with van der Waals surface area (Å²) in [5.74, 6) is 0. The van der Waals surface area contributed by atoms with Crippen LogP contribution in [-0.4, -0.2) is 24.1 Å². The third-order valence-electron chi connectivity index (χ3n) is 4.07. The predicted molar refractivity (Wildman–Crippen MR) is 97.6 cm³/mol. The van der Waals surface area contributed by atoms with E-state index in [0.717, 1.165) is 29.0 Å². The van der Waals surface area contributed by atoms with E-state index in [0.29, 0.717) is 0 Å². The van der Waals surface area contributed by atoms with Gasteiger partial charge in [0.05, 0.1) is 11.7 Å². The number of hydrogen-bond donors (Lipinski definition) is 1. The van der Waals surface area contributed by atoms with Crippen LogP contribution in [-0.2, 0) is 17.1 Å². The van der Waals surface area contributed by atoms with Gasteiger partial charge in [-0.05, 0) is 29.8 Å². The van der Waals surface area contributed by atoms with E-state index in [4.69, 9.17) is 11.6 Å². The summed E-state index contributed by atoms with van der Waals surface area (Å²) in [5.41, 5.74) is -0.745. The molecule has 0 bridgehead atoms. The Morgan fingerprint density at radius 1 is 1.14 bits per heavy atom. The highest BCUT2D eigenvalue weighted by molar-refractivity contribution is 7.89. The molecular formula is C17H13ClF3N3O3S. The molecular weight excluding hydrogens is 419 g/mol. The smallest absolute Gasteiger partial charge is 0.308 e. The zero-order chi connectivity index (χ0) is 20.7. The average molecular weight is 432 g/mol. The van der Waals surface area contributed by atoms with Gasteiger partial charge in [0.25, 0.3) is 5.56 Å². The van der Waals surface area contributed by atoms with Gasteiger partial charge in [0.1, 0.15) is 16.5 Å². The van der Waals surface area contributed by atoms with Crippen molar-refractivity contribution in [3.8, 4) is 0 Å². The van der Waals surface area contributed by atoms with Crippen molar-refractivity contribution in [3.63, 3.8) is 0 Å². The summed E-state index contributed by atoms with van der Waals surface area (Å²) in [4.78, 5) is 15.0. The summed E-state index contributed by atoms with van der Waals surface area (Å²) in [6.45, 7) is 0. The lowest BCUT2D eigenvalue weighted by Crippen LogP contribution is -2.38. The van der Waals surface area contributed by atoms with Crippen molar-refractivity contribution in [1.29, 1.82) is 0 Å². The quantitative estimate of drug-likeness (QED) is 0.688. The Morgan fingerprint density at radius 3 is 2.39 bits per heavy atom. The summed E-state index contributed by atoms with van der Waals surface area (Å²) >= 11 is 5.70. The molecule has 11 heteroatoms. The number of aryl methyl sites for hydroxylation is 1. The molecule has 3 aromatic rings. The van der Waals surface area contributed by atoms with Gasteiger partial charge in [0.15, 0.2) is 0 Å². The van der Waals surface area contributed by atoms with Crippen molar-refractivity contribution >= 4 is 32.7 Å². The molecule has 1 N–H and O–H groups in total. The minimum absolute atomic E-state index is 0.117. The second-order valence-electron chi connectivity index (χ2n) is 5.93. The van der Waals surface area contributed by atoms with Crippen LogP contribution in [0.25, 0.3) is 11.0 Å². The summed E-state index contributed by atoms with van der Waals surface area (Å²) in [6.07, 6.45) is -3.99. The molecule has 0 aliphatic carbocycles. The number of aromatic nitrogens is 2. The third kappa shape index (κ3) is 3.89. The molecule has 0 aliphatic heterocycles. The number of nitrogens with zero attached hydrogens (tertiary/aromatic N) is 2. The zero-order valence-corrected chi connectivity index (χ0v) is 15.8. The molecule has 6 nitrogen and oxygen atoms in total. The van der Waals surface area contributed by atoms with E-state index < -0.39 is 32.7 Å². The van der Waals surface area contributed by atoms with E-state index in [-0.39, 0.29) is 21.6 Å². The molecule has 0 radical (unpaired) electrons. The van der Waals surface area contributed by atoms with E-state index in [9.17, 15) is 26.4 Å². The molecule has 0 aliphatic rings. The monoisotopic (exact) mass is 431 g/mol. The minimum atomic E-state index is -4.90. The van der Waals surface area contributed by atoms with Gasteiger partial charge in [0.2, 0.25) is 10.0 Å². The number of nitrogens with one attached hydrogen (secondary N) is 1. The topological polar surface area (TPSA) is 81.1 Å². The Labute approximate surface area is 162 Å². The summed E-state index contributed by atoms with van der Waals surface area (Å²) < 4.78 is 69.1. The highest BCUT2D eigenvalue weighted by atomic mass is 35.5. The van der Waals surface area contributed by atoms with Gasteiger partial charge in [-0.3, -0.25) is 4.79 Å². The van der Waals surface area contributed by atoms with Crippen LogP contribution in [0.4, 0.5) is 13.2 Å². The van der Waals surface area contributed by atoms with E-state index in [1.54, 1.807) is 4.72 Å². The SMILES string of the molecule is Cn1c(=O)cnc2c(S(=O)(=O)NC(c3ccc(Cl)cc3)C(F)(F)F)cccc21. The molecule has 0 amide bonds. The average Bonchev–Trinajstić information content (AvgIpc) is 2.62. The van der Waals surface area contributed by atoms with E-state index in [1.807, 2.05) is 0 Å². The highest BCUT2D eigenvalue weighted by Gasteiger charge is 2.43. The predicted octanol–water partition coefficient (Wildman–Crippen LogP) is 3.17. The molecule has 1 atom stereocenters. The lowest BCUT2D eigenvalue weighted by atomic mass is 10.1. The summed E-state index contributed by atoms with van der Waals surface area (Å²) in [7, 11) is -3.23. The first-order chi connectivity index (χ1) is 13.0. The summed E-state index contributed by atoms with van der Waals surface area (Å²) in [6, 6.07) is 6.06. The molecule has 1 aromatic heterocycles. The van der Waals surface area contributed by atoms with Crippen LogP contribution in [0.15, 0.2) is 58.4 Å². The van der Waals surface area contributed by atoms with Crippen molar-refractivity contribution < 1.29 is 21.6 Å². The van der Waals surface area contributed by atoms with Gasteiger partial charge in [-0.25, -0.2) is 13.4 Å². The van der Waals surface area contributed by atoms with Gasteiger partial charge < -0.3 is 4.57 Å². The number of para-hydroxylation sites is 1. The zero-order valence-electron chi connectivity index (χ0n) is 14.2. The molecule has 148 valence electrons. The Kier molecular flexibility index (Phi) is 5.22. The molecule has 1 unspecified atom stereocenters. The minimum Gasteiger partial charge on any atom is -0.308 e. The lowest BCUT2D eigenvalue weighted by molar-refractivity contribution is -0.153. The van der Waals surface area contributed by atoms with Crippen molar-refractivity contribution in [2.75, 3.05) is 0 Å². The molecule has 1 heterocycles. The standard InChI is InChI=1S/C17H13ClF3N3O3S/c1-24-12-3-2-4-13(15(12)22-9-14(24)25)28(26,27)23-16(17(19,20)21)10-5-7-11(18)8-6-10/h2-9,16,23H,1H3. The number of halogens is 4. The van der Waals surface area contributed by atoms with Crippen molar-refractivity contribution in [1.82, 2.24) is 14.3 Å². The number of fused-ring (bicyclic) bond motifs is 1. The Bertz CT molecular complexity index is 1190. The van der Waals surface area contributed by atoms with Crippen LogP contribution in [0.5, 0.6) is 0 Å². The van der Waals surface area contributed by atoms with Gasteiger partial charge in [-0.15, -0.1) is 0 Å². The number of rotatable bonds is 4. The van der Waals surface area contributed by atoms with Crippen LogP contribution < -0.4 is 10.3 Å². The summed E-state index contributed by atoms with van der Waals surface area (Å²) in [5, 5.41) is 0.215. The fourth-order valence-electron chi connectivity index (χ4n) is 2.65. The van der Waals surface area contributed by atoms with Crippen molar-refractivity contribution in [2.24, 2.45) is 7.05 Å². The first kappa shape index (κ1) is 20.3. The largest absolute Gasteiger partial charge is 0.408 e. The Morgan fingerprint density at radius 2 is 1.79 bits per heavy atom. The van der Waals surface area contributed by atoms with Crippen LogP contribution in [0, 0.1) is 0 Å². The normalized spacial score (nSPS) is 13.6. The van der Waals surface area contributed by atoms with Gasteiger partial charge in [0, 0.05) is 12.1 Å². The fourth-order valence-corrected chi connectivity index (χ4v) is 4.15. The van der Waals surface area contributed by atoms with Crippen LogP contribution in [0.1, 0.15) is 11.6 Å². The van der Waals surface area contributed by atoms with E-state index >= 15 is 0 Å². The van der Waals surface area contributed by atoms with Crippen molar-refractivity contribution in [2.45, 2.75) is 17.1 Å². The van der Waals surface area contributed by atoms with Gasteiger partial charge in [-0.1, -0.05) is 29.8 Å². The second-order valence-corrected chi connectivity index (χ2v) is 8.05. The first-order valence-corrected chi connectivity index (χ1v) is 9.66. The first-order valence-electron chi connectivity index (χ1n) is 7.80. The van der Waals surface area contributed by atoms with E-state index in [1.165, 1.54) is 31.3 Å². The van der Waals surface area contributed by atoms with Gasteiger partial charge in [-0.2, -0.15) is 17.9 Å². The highest BCUT2D eigenvalue weighted by Crippen LogP contribution is 2.35. The number of hydrogen-bond acceptors (Lipinski definition) is 4. The maximum absolute atomic E-state index is 13.6. The van der Waals surface area contributed by atoms with Crippen molar-refractivity contribution in [3.05, 3.63) is 69.6 Å². The number of alkyl halides is 3. The van der Waals surface area contributed by atoms with Crippen LogP contribution in [0.2, 0.25) is 5.02 Å². The third-order valence-corrected chi connectivity index (χ3v) is 5.77. The Balaban J connectivity index is 2.12. The molecule has 3 rings (SSSR count). The van der Waals surface area contributed by atoms with E-state index in [2.05, 4.69) is 4.98 Å². The second kappa shape index (κ2) is 7.19. The number of benzene rings is 2. The fraction of sp³-hybridized carbons (Fsp3) is 0.176. The van der Waals surface area contributed by atoms with Crippen LogP contribution in [0.3, 0.4) is 0 Å². The maximum Gasteiger partial charge on any atom is 0.408 e. The molecule has 0 saturated heterocycles. The van der Waals surface area contributed by atoms with Crippen LogP contribution >= 0.6 is 11.6 Å². The molecule has 0 spiro atoms. The maximum atomic E-state index is 13.6. The molecule has 2 aromatic carbocycles.